The van der Waals surface area contributed by atoms with Crippen molar-refractivity contribution in [3.8, 4) is 5.75 Å². The fraction of sp³-hybridized carbons (Fsp3) is 0.286. The molecule has 3 rings (SSSR count). The van der Waals surface area contributed by atoms with Crippen LogP contribution in [0.3, 0.4) is 0 Å². The number of rotatable bonds is 6. The zero-order valence-electron chi connectivity index (χ0n) is 15.5. The lowest BCUT2D eigenvalue weighted by molar-refractivity contribution is 0.271. The molecule has 0 fully saturated rings. The Bertz CT molecular complexity index is 1030. The highest BCUT2D eigenvalue weighted by atomic mass is 35.5. The van der Waals surface area contributed by atoms with Crippen molar-refractivity contribution in [3.05, 3.63) is 74.3 Å². The molecule has 27 heavy (non-hydrogen) atoms. The molecule has 142 valence electrons. The van der Waals surface area contributed by atoms with Gasteiger partial charge in [-0.2, -0.15) is 0 Å². The highest BCUT2D eigenvalue weighted by molar-refractivity contribution is 6.32. The van der Waals surface area contributed by atoms with Gasteiger partial charge in [-0.3, -0.25) is 4.90 Å². The molecule has 0 saturated carbocycles. The Morgan fingerprint density at radius 1 is 1.19 bits per heavy atom. The van der Waals surface area contributed by atoms with Crippen LogP contribution < -0.4 is 10.4 Å². The summed E-state index contributed by atoms with van der Waals surface area (Å²) in [6.45, 7) is 5.68. The molecule has 3 aromatic rings. The highest BCUT2D eigenvalue weighted by Crippen LogP contribution is 2.26. The van der Waals surface area contributed by atoms with Gasteiger partial charge in [-0.05, 0) is 54.4 Å². The summed E-state index contributed by atoms with van der Waals surface area (Å²) >= 11 is 6.26. The van der Waals surface area contributed by atoms with Gasteiger partial charge < -0.3 is 9.15 Å². The van der Waals surface area contributed by atoms with Gasteiger partial charge in [-0.15, -0.1) is 0 Å². The van der Waals surface area contributed by atoms with Crippen LogP contribution in [0.15, 0.2) is 45.6 Å². The van der Waals surface area contributed by atoms with Gasteiger partial charge in [-0.1, -0.05) is 24.6 Å². The van der Waals surface area contributed by atoms with Crippen molar-refractivity contribution in [1.82, 2.24) is 4.90 Å². The Kier molecular flexibility index (Phi) is 5.82. The van der Waals surface area contributed by atoms with E-state index in [1.807, 2.05) is 26.0 Å². The third kappa shape index (κ3) is 4.31. The Morgan fingerprint density at radius 2 is 1.96 bits per heavy atom. The van der Waals surface area contributed by atoms with Crippen molar-refractivity contribution in [2.24, 2.45) is 0 Å². The van der Waals surface area contributed by atoms with Crippen molar-refractivity contribution in [1.29, 1.82) is 0 Å². The molecule has 0 spiro atoms. The first-order valence-corrected chi connectivity index (χ1v) is 9.06. The topological polar surface area (TPSA) is 42.7 Å². The van der Waals surface area contributed by atoms with Gasteiger partial charge in [0.05, 0.1) is 7.11 Å². The average Bonchev–Trinajstić information content (AvgIpc) is 2.63. The smallest absolute Gasteiger partial charge is 0.336 e. The van der Waals surface area contributed by atoms with Crippen LogP contribution in [0.4, 0.5) is 4.39 Å². The summed E-state index contributed by atoms with van der Waals surface area (Å²) in [7, 11) is 1.44. The van der Waals surface area contributed by atoms with Gasteiger partial charge in [0.25, 0.3) is 0 Å². The second-order valence-electron chi connectivity index (χ2n) is 6.46. The van der Waals surface area contributed by atoms with Crippen LogP contribution in [-0.4, -0.2) is 18.6 Å². The van der Waals surface area contributed by atoms with Gasteiger partial charge in [0, 0.05) is 29.6 Å². The van der Waals surface area contributed by atoms with E-state index in [0.29, 0.717) is 23.7 Å². The first-order chi connectivity index (χ1) is 12.9. The molecule has 0 aliphatic rings. The van der Waals surface area contributed by atoms with E-state index in [1.54, 1.807) is 12.1 Å². The first-order valence-electron chi connectivity index (χ1n) is 8.69. The maximum absolute atomic E-state index is 14.0. The molecular formula is C21H21ClFNO3. The number of hydrogen-bond acceptors (Lipinski definition) is 4. The van der Waals surface area contributed by atoms with Crippen molar-refractivity contribution < 1.29 is 13.5 Å². The predicted octanol–water partition coefficient (Wildman–Crippen LogP) is 4.92. The van der Waals surface area contributed by atoms with Gasteiger partial charge >= 0.3 is 5.63 Å². The molecule has 0 amide bonds. The first kappa shape index (κ1) is 19.4. The van der Waals surface area contributed by atoms with Crippen LogP contribution in [0.1, 0.15) is 23.6 Å². The maximum Gasteiger partial charge on any atom is 0.336 e. The largest absolute Gasteiger partial charge is 0.494 e. The SMILES string of the molecule is CCN(Cc1ccc(OC)c(F)c1)Cc1cc(=O)oc2cc(C)c(Cl)cc12. The molecule has 0 unspecified atom stereocenters. The molecule has 1 heterocycles. The van der Waals surface area contributed by atoms with E-state index in [9.17, 15) is 9.18 Å². The quantitative estimate of drug-likeness (QED) is 0.561. The number of nitrogens with zero attached hydrogens (tertiary/aromatic N) is 1. The van der Waals surface area contributed by atoms with E-state index in [-0.39, 0.29) is 11.6 Å². The Labute approximate surface area is 162 Å². The number of halogens is 2. The van der Waals surface area contributed by atoms with E-state index in [0.717, 1.165) is 28.6 Å². The monoisotopic (exact) mass is 389 g/mol. The van der Waals surface area contributed by atoms with Crippen LogP contribution in [0.5, 0.6) is 5.75 Å². The zero-order valence-corrected chi connectivity index (χ0v) is 16.3. The predicted molar refractivity (Wildman–Crippen MR) is 105 cm³/mol. The second-order valence-corrected chi connectivity index (χ2v) is 6.87. The summed E-state index contributed by atoms with van der Waals surface area (Å²) in [6, 6.07) is 10.0. The van der Waals surface area contributed by atoms with Gasteiger partial charge in [0.2, 0.25) is 0 Å². The number of ether oxygens (including phenoxy) is 1. The molecule has 0 aliphatic carbocycles. The summed E-state index contributed by atoms with van der Waals surface area (Å²) in [5.41, 5.74) is 2.64. The van der Waals surface area contributed by atoms with E-state index in [4.69, 9.17) is 20.8 Å². The Morgan fingerprint density at radius 3 is 2.63 bits per heavy atom. The summed E-state index contributed by atoms with van der Waals surface area (Å²) < 4.78 is 24.2. The van der Waals surface area contributed by atoms with Crippen LogP contribution >= 0.6 is 11.6 Å². The molecule has 0 saturated heterocycles. The lowest BCUT2D eigenvalue weighted by Gasteiger charge is -2.21. The normalized spacial score (nSPS) is 11.3. The minimum Gasteiger partial charge on any atom is -0.494 e. The number of aryl methyl sites for hydroxylation is 1. The number of benzene rings is 2. The number of fused-ring (bicyclic) bond motifs is 1. The lowest BCUT2D eigenvalue weighted by atomic mass is 10.1. The Hall–Kier alpha value is -2.37. The van der Waals surface area contributed by atoms with E-state index < -0.39 is 5.63 Å². The van der Waals surface area contributed by atoms with Crippen molar-refractivity contribution in [3.63, 3.8) is 0 Å². The van der Waals surface area contributed by atoms with Gasteiger partial charge in [0.15, 0.2) is 11.6 Å². The molecule has 4 nitrogen and oxygen atoms in total. The summed E-state index contributed by atoms with van der Waals surface area (Å²) in [6.07, 6.45) is 0. The van der Waals surface area contributed by atoms with Crippen LogP contribution in [0.2, 0.25) is 5.02 Å². The maximum atomic E-state index is 14.0. The molecular weight excluding hydrogens is 369 g/mol. The molecule has 0 N–H and O–H groups in total. The standard InChI is InChI=1S/C21H21ClFNO3/c1-4-24(11-14-5-6-19(26-3)18(23)8-14)12-15-9-21(25)27-20-7-13(2)17(22)10-16(15)20/h5-10H,4,11-12H2,1-3H3. The highest BCUT2D eigenvalue weighted by Gasteiger charge is 2.13. The lowest BCUT2D eigenvalue weighted by Crippen LogP contribution is -2.23. The summed E-state index contributed by atoms with van der Waals surface area (Å²) in [5.74, 6) is -0.169. The van der Waals surface area contributed by atoms with Crippen LogP contribution in [-0.2, 0) is 13.1 Å². The molecule has 6 heteroatoms. The fourth-order valence-electron chi connectivity index (χ4n) is 3.07. The molecule has 0 atom stereocenters. The summed E-state index contributed by atoms with van der Waals surface area (Å²) in [5, 5.41) is 1.43. The number of methoxy groups -OCH3 is 1. The van der Waals surface area contributed by atoms with Crippen molar-refractivity contribution >= 4 is 22.6 Å². The van der Waals surface area contributed by atoms with Crippen molar-refractivity contribution in [2.75, 3.05) is 13.7 Å². The van der Waals surface area contributed by atoms with E-state index >= 15 is 0 Å². The van der Waals surface area contributed by atoms with E-state index in [2.05, 4.69) is 4.90 Å². The zero-order chi connectivity index (χ0) is 19.6. The molecule has 0 radical (unpaired) electrons. The minimum atomic E-state index is -0.397. The summed E-state index contributed by atoms with van der Waals surface area (Å²) in [4.78, 5) is 14.1. The fourth-order valence-corrected chi connectivity index (χ4v) is 3.23. The number of hydrogen-bond donors (Lipinski definition) is 0. The third-order valence-corrected chi connectivity index (χ3v) is 4.98. The molecule has 0 bridgehead atoms. The van der Waals surface area contributed by atoms with Gasteiger partial charge in [0.1, 0.15) is 5.58 Å². The molecule has 0 aliphatic heterocycles. The minimum absolute atomic E-state index is 0.221. The van der Waals surface area contributed by atoms with Gasteiger partial charge in [-0.25, -0.2) is 9.18 Å². The molecule has 1 aromatic heterocycles. The van der Waals surface area contributed by atoms with Crippen LogP contribution in [0.25, 0.3) is 11.0 Å². The average molecular weight is 390 g/mol. The van der Waals surface area contributed by atoms with Crippen LogP contribution in [0, 0.1) is 12.7 Å². The molecule has 2 aromatic carbocycles. The van der Waals surface area contributed by atoms with Crippen molar-refractivity contribution in [2.45, 2.75) is 26.9 Å². The Balaban J connectivity index is 1.91. The third-order valence-electron chi connectivity index (χ3n) is 4.57. The second kappa shape index (κ2) is 8.11. The van der Waals surface area contributed by atoms with E-state index in [1.165, 1.54) is 19.2 Å².